The molecule has 4 N–H and O–H groups in total. The quantitative estimate of drug-likeness (QED) is 0.226. The first-order chi connectivity index (χ1) is 20.5. The Balaban J connectivity index is 1.35. The predicted molar refractivity (Wildman–Crippen MR) is 160 cm³/mol. The predicted octanol–water partition coefficient (Wildman–Crippen LogP) is 3.03. The van der Waals surface area contributed by atoms with E-state index in [9.17, 15) is 15.0 Å². The molecule has 2 fully saturated rings. The third-order valence-electron chi connectivity index (χ3n) is 8.15. The van der Waals surface area contributed by atoms with Crippen molar-refractivity contribution in [2.75, 3.05) is 35.3 Å². The van der Waals surface area contributed by atoms with Crippen molar-refractivity contribution in [1.29, 1.82) is 0 Å². The number of aliphatic hydroxyl groups excluding tert-OH is 2. The number of hydrogen-bond donors (Lipinski definition) is 4. The summed E-state index contributed by atoms with van der Waals surface area (Å²) < 4.78 is 7.02. The molecule has 0 unspecified atom stereocenters. The number of nitrogens with one attached hydrogen (secondary N) is 2. The molecule has 3 atom stereocenters. The highest BCUT2D eigenvalue weighted by Crippen LogP contribution is 2.29. The van der Waals surface area contributed by atoms with Gasteiger partial charge in [-0.15, -0.1) is 0 Å². The molecule has 2 aliphatic rings. The highest BCUT2D eigenvalue weighted by molar-refractivity contribution is 5.93. The number of hydrogen-bond acceptors (Lipinski definition) is 9. The summed E-state index contributed by atoms with van der Waals surface area (Å²) >= 11 is 0. The number of carbonyl (C=O) groups is 1. The van der Waals surface area contributed by atoms with Crippen molar-refractivity contribution in [3.05, 3.63) is 78.1 Å². The number of ether oxygens (including phenoxy) is 1. The molecule has 11 nitrogen and oxygen atoms in total. The van der Waals surface area contributed by atoms with Gasteiger partial charge < -0.3 is 25.6 Å². The van der Waals surface area contributed by atoms with Gasteiger partial charge in [0.2, 0.25) is 5.95 Å². The summed E-state index contributed by atoms with van der Waals surface area (Å²) in [6.45, 7) is 2.56. The van der Waals surface area contributed by atoms with Crippen LogP contribution in [0.15, 0.2) is 67.0 Å². The van der Waals surface area contributed by atoms with Crippen molar-refractivity contribution >= 4 is 28.8 Å². The standard InChI is InChI=1S/C31H37N7O4/c1-2-37(30(41)27-26(40)24(39)18-42-27)38-19-33-25-28(35-31(36-29(25)38)34-22-15-9-10-16-22)32-17-23(20-11-5-3-6-12-20)21-13-7-4-8-14-21/h3-8,11-14,19,22-24,26-27,39-40H,2,9-10,15-18H2,1H3,(H2,32,34,35,36)/t24-,26-,27-/m0/s1. The van der Waals surface area contributed by atoms with Gasteiger partial charge >= 0.3 is 0 Å². The highest BCUT2D eigenvalue weighted by atomic mass is 16.5. The Morgan fingerprint density at radius 2 is 1.71 bits per heavy atom. The van der Waals surface area contributed by atoms with Gasteiger partial charge in [0, 0.05) is 25.0 Å². The smallest absolute Gasteiger partial charge is 0.273 e. The van der Waals surface area contributed by atoms with Crippen molar-refractivity contribution < 1.29 is 19.7 Å². The van der Waals surface area contributed by atoms with Crippen molar-refractivity contribution in [3.63, 3.8) is 0 Å². The van der Waals surface area contributed by atoms with Gasteiger partial charge in [-0.25, -0.2) is 14.7 Å². The molecular formula is C31H37N7O4. The maximum atomic E-state index is 13.5. The molecule has 0 spiro atoms. The second kappa shape index (κ2) is 12.4. The molecule has 220 valence electrons. The van der Waals surface area contributed by atoms with Gasteiger partial charge in [-0.1, -0.05) is 73.5 Å². The number of benzene rings is 2. The number of carbonyl (C=O) groups excluding carboxylic acids is 1. The first kappa shape index (κ1) is 28.1. The zero-order valence-corrected chi connectivity index (χ0v) is 23.6. The van der Waals surface area contributed by atoms with E-state index in [0.29, 0.717) is 29.5 Å². The molecule has 4 aromatic rings. The van der Waals surface area contributed by atoms with Gasteiger partial charge in [0.25, 0.3) is 5.91 Å². The van der Waals surface area contributed by atoms with Gasteiger partial charge in [-0.2, -0.15) is 9.97 Å². The van der Waals surface area contributed by atoms with E-state index >= 15 is 0 Å². The van der Waals surface area contributed by atoms with Crippen LogP contribution in [0.1, 0.15) is 49.7 Å². The van der Waals surface area contributed by atoms with Crippen LogP contribution in [0.25, 0.3) is 11.2 Å². The SMILES string of the molecule is CCN(C(=O)[C@H]1OC[C@H](O)[C@@H]1O)n1cnc2c(NCC(c3ccccc3)c3ccccc3)nc(NC3CCCC3)nc21. The molecular weight excluding hydrogens is 534 g/mol. The zero-order valence-electron chi connectivity index (χ0n) is 23.6. The first-order valence-electron chi connectivity index (χ1n) is 14.7. The molecule has 42 heavy (non-hydrogen) atoms. The van der Waals surface area contributed by atoms with Crippen molar-refractivity contribution in [2.24, 2.45) is 0 Å². The topological polar surface area (TPSA) is 138 Å². The average molecular weight is 572 g/mol. The monoisotopic (exact) mass is 571 g/mol. The Morgan fingerprint density at radius 1 is 1.05 bits per heavy atom. The lowest BCUT2D eigenvalue weighted by Crippen LogP contribution is -2.50. The van der Waals surface area contributed by atoms with Crippen LogP contribution in [0, 0.1) is 0 Å². The van der Waals surface area contributed by atoms with Gasteiger partial charge in [-0.3, -0.25) is 4.79 Å². The summed E-state index contributed by atoms with van der Waals surface area (Å²) in [5, 5.41) is 28.8. The fraction of sp³-hybridized carbons (Fsp3) is 0.419. The maximum Gasteiger partial charge on any atom is 0.273 e. The number of aliphatic hydroxyl groups is 2. The van der Waals surface area contributed by atoms with Crippen LogP contribution >= 0.6 is 0 Å². The lowest BCUT2D eigenvalue weighted by molar-refractivity contribution is -0.132. The van der Waals surface area contributed by atoms with E-state index in [1.54, 1.807) is 4.68 Å². The molecule has 1 saturated carbocycles. The summed E-state index contributed by atoms with van der Waals surface area (Å²) in [5.74, 6) is 0.609. The van der Waals surface area contributed by atoms with Gasteiger partial charge in [0.15, 0.2) is 23.1 Å². The fourth-order valence-corrected chi connectivity index (χ4v) is 5.88. The molecule has 6 rings (SSSR count). The van der Waals surface area contributed by atoms with E-state index in [1.165, 1.54) is 22.5 Å². The molecule has 0 radical (unpaired) electrons. The summed E-state index contributed by atoms with van der Waals surface area (Å²) in [6.07, 6.45) is 2.36. The number of nitrogens with zero attached hydrogens (tertiary/aromatic N) is 5. The Morgan fingerprint density at radius 3 is 2.31 bits per heavy atom. The van der Waals surface area contributed by atoms with Crippen LogP contribution < -0.4 is 15.6 Å². The van der Waals surface area contributed by atoms with Crippen LogP contribution in [0.4, 0.5) is 11.8 Å². The van der Waals surface area contributed by atoms with Crippen LogP contribution in [0.3, 0.4) is 0 Å². The number of fused-ring (bicyclic) bond motifs is 1. The van der Waals surface area contributed by atoms with E-state index in [4.69, 9.17) is 14.7 Å². The minimum atomic E-state index is -1.30. The van der Waals surface area contributed by atoms with Gasteiger partial charge in [0.1, 0.15) is 18.5 Å². The molecule has 3 heterocycles. The number of likely N-dealkylation sites (N-methyl/N-ethyl adjacent to an activating group) is 1. The highest BCUT2D eigenvalue weighted by Gasteiger charge is 2.42. The van der Waals surface area contributed by atoms with E-state index < -0.39 is 24.2 Å². The third-order valence-corrected chi connectivity index (χ3v) is 8.15. The average Bonchev–Trinajstić information content (AvgIpc) is 3.76. The molecule has 1 amide bonds. The molecule has 2 aromatic heterocycles. The van der Waals surface area contributed by atoms with E-state index in [2.05, 4.69) is 39.9 Å². The van der Waals surface area contributed by atoms with Crippen LogP contribution in [-0.4, -0.2) is 79.8 Å². The van der Waals surface area contributed by atoms with Crippen molar-refractivity contribution in [3.8, 4) is 0 Å². The summed E-state index contributed by atoms with van der Waals surface area (Å²) in [4.78, 5) is 27.7. The second-order valence-corrected chi connectivity index (χ2v) is 10.9. The first-order valence-corrected chi connectivity index (χ1v) is 14.7. The Kier molecular flexibility index (Phi) is 8.31. The summed E-state index contributed by atoms with van der Waals surface area (Å²) in [7, 11) is 0. The number of rotatable bonds is 10. The van der Waals surface area contributed by atoms with Gasteiger partial charge in [-0.05, 0) is 30.9 Å². The Hall–Kier alpha value is -4.06. The zero-order chi connectivity index (χ0) is 29.1. The van der Waals surface area contributed by atoms with E-state index in [0.717, 1.165) is 25.7 Å². The Bertz CT molecular complexity index is 1450. The van der Waals surface area contributed by atoms with Crippen molar-refractivity contribution in [1.82, 2.24) is 19.6 Å². The molecule has 11 heteroatoms. The van der Waals surface area contributed by atoms with Gasteiger partial charge in [0.05, 0.1) is 6.61 Å². The minimum absolute atomic E-state index is 0.0619. The normalized spacial score (nSPS) is 20.8. The molecule has 1 saturated heterocycles. The van der Waals surface area contributed by atoms with Crippen molar-refractivity contribution in [2.45, 2.75) is 62.9 Å². The maximum absolute atomic E-state index is 13.5. The lowest BCUT2D eigenvalue weighted by atomic mass is 9.91. The van der Waals surface area contributed by atoms with Crippen LogP contribution in [0.2, 0.25) is 0 Å². The molecule has 0 bridgehead atoms. The number of aromatic nitrogens is 4. The number of amides is 1. The van der Waals surface area contributed by atoms with Crippen LogP contribution in [-0.2, 0) is 9.53 Å². The molecule has 1 aliphatic carbocycles. The fourth-order valence-electron chi connectivity index (χ4n) is 5.88. The van der Waals surface area contributed by atoms with E-state index in [-0.39, 0.29) is 25.1 Å². The summed E-state index contributed by atoms with van der Waals surface area (Å²) in [5.41, 5.74) is 3.33. The number of anilines is 2. The molecule has 1 aliphatic heterocycles. The largest absolute Gasteiger partial charge is 0.388 e. The number of imidazole rings is 1. The van der Waals surface area contributed by atoms with E-state index in [1.807, 2.05) is 43.3 Å². The Labute approximate surface area is 244 Å². The third kappa shape index (κ3) is 5.67. The lowest BCUT2D eigenvalue weighted by Gasteiger charge is -2.26. The van der Waals surface area contributed by atoms with Crippen LogP contribution in [0.5, 0.6) is 0 Å². The molecule has 2 aromatic carbocycles. The second-order valence-electron chi connectivity index (χ2n) is 10.9. The minimum Gasteiger partial charge on any atom is -0.388 e. The summed E-state index contributed by atoms with van der Waals surface area (Å²) in [6, 6.07) is 21.0.